The van der Waals surface area contributed by atoms with E-state index in [2.05, 4.69) is 32.9 Å². The molecule has 1 aromatic rings. The third-order valence-corrected chi connectivity index (χ3v) is 4.20. The average molecular weight is 311 g/mol. The largest absolute Gasteiger partial charge is 0.300 e. The van der Waals surface area contributed by atoms with E-state index in [1.165, 1.54) is 5.56 Å². The normalized spacial score (nSPS) is 13.1. The minimum absolute atomic E-state index is 0.0592. The van der Waals surface area contributed by atoms with Gasteiger partial charge < -0.3 is 0 Å². The third kappa shape index (κ3) is 6.22. The van der Waals surface area contributed by atoms with Crippen molar-refractivity contribution in [2.45, 2.75) is 79.1 Å². The van der Waals surface area contributed by atoms with Gasteiger partial charge in [-0.2, -0.15) is 0 Å². The zero-order valence-corrected chi connectivity index (χ0v) is 15.3. The molecule has 0 saturated heterocycles. The zero-order chi connectivity index (χ0) is 16.5. The number of hydrogen-bond donors (Lipinski definition) is 0. The maximum atomic E-state index is 12.0. The van der Waals surface area contributed by atoms with Crippen molar-refractivity contribution in [3.8, 4) is 0 Å². The molecule has 0 aromatic heterocycles. The molecular formula is C19H31ClO. The van der Waals surface area contributed by atoms with Gasteiger partial charge in [0.25, 0.3) is 0 Å². The number of hydrogen-bond acceptors (Lipinski definition) is 1. The van der Waals surface area contributed by atoms with E-state index in [1.54, 1.807) is 0 Å². The number of aryl methyl sites for hydroxylation is 1. The first-order chi connectivity index (χ1) is 9.92. The van der Waals surface area contributed by atoms with Crippen LogP contribution in [0.4, 0.5) is 0 Å². The van der Waals surface area contributed by atoms with Crippen molar-refractivity contribution in [3.05, 3.63) is 34.3 Å². The van der Waals surface area contributed by atoms with Crippen molar-refractivity contribution in [1.82, 2.24) is 0 Å². The Kier molecular flexibility index (Phi) is 9.61. The van der Waals surface area contributed by atoms with Gasteiger partial charge in [0, 0.05) is 17.9 Å². The van der Waals surface area contributed by atoms with Gasteiger partial charge in [-0.15, -0.1) is 0 Å². The van der Waals surface area contributed by atoms with Gasteiger partial charge in [-0.1, -0.05) is 64.8 Å². The van der Waals surface area contributed by atoms with E-state index in [1.807, 2.05) is 26.8 Å². The highest BCUT2D eigenvalue weighted by molar-refractivity contribution is 6.31. The molecular weight excluding hydrogens is 280 g/mol. The van der Waals surface area contributed by atoms with Crippen molar-refractivity contribution >= 4 is 17.4 Å². The average Bonchev–Trinajstić information content (AvgIpc) is 2.44. The lowest BCUT2D eigenvalue weighted by atomic mass is 9.74. The zero-order valence-electron chi connectivity index (χ0n) is 14.6. The summed E-state index contributed by atoms with van der Waals surface area (Å²) in [5.74, 6) is 0.367. The van der Waals surface area contributed by atoms with Crippen LogP contribution in [-0.2, 0) is 10.2 Å². The van der Waals surface area contributed by atoms with Gasteiger partial charge in [0.05, 0.1) is 0 Å². The van der Waals surface area contributed by atoms with E-state index < -0.39 is 0 Å². The smallest absolute Gasteiger partial charge is 0.133 e. The Hall–Kier alpha value is -0.820. The molecule has 1 nitrogen and oxygen atoms in total. The van der Waals surface area contributed by atoms with E-state index in [0.717, 1.165) is 29.8 Å². The minimum atomic E-state index is -0.0592. The van der Waals surface area contributed by atoms with E-state index >= 15 is 0 Å². The second-order valence-electron chi connectivity index (χ2n) is 5.74. The fourth-order valence-corrected chi connectivity index (χ4v) is 2.83. The molecule has 2 heteroatoms. The van der Waals surface area contributed by atoms with Crippen molar-refractivity contribution in [3.63, 3.8) is 0 Å². The molecule has 0 heterocycles. The molecule has 0 aliphatic carbocycles. The number of carbonyl (C=O) groups is 1. The lowest BCUT2D eigenvalue weighted by Gasteiger charge is -2.30. The Morgan fingerprint density at radius 1 is 1.19 bits per heavy atom. The van der Waals surface area contributed by atoms with Crippen LogP contribution in [0.15, 0.2) is 18.2 Å². The maximum absolute atomic E-state index is 12.0. The summed E-state index contributed by atoms with van der Waals surface area (Å²) in [4.78, 5) is 12.0. The van der Waals surface area contributed by atoms with E-state index in [0.29, 0.717) is 18.6 Å². The van der Waals surface area contributed by atoms with Crippen LogP contribution in [0.25, 0.3) is 0 Å². The molecule has 0 radical (unpaired) electrons. The van der Waals surface area contributed by atoms with Crippen molar-refractivity contribution in [2.24, 2.45) is 0 Å². The van der Waals surface area contributed by atoms with Crippen LogP contribution in [0.1, 0.15) is 77.8 Å². The SMILES string of the molecule is CC.CCCC(=O)CC(C)(CCC)c1ccc(Cl)c(C)c1. The molecule has 1 unspecified atom stereocenters. The summed E-state index contributed by atoms with van der Waals surface area (Å²) in [7, 11) is 0. The molecule has 0 fully saturated rings. The monoisotopic (exact) mass is 310 g/mol. The predicted octanol–water partition coefficient (Wildman–Crippen LogP) is 6.49. The number of Topliss-reactive ketones (excluding diaryl/α,β-unsaturated/α-hetero) is 1. The molecule has 0 bridgehead atoms. The number of carbonyl (C=O) groups excluding carboxylic acids is 1. The highest BCUT2D eigenvalue weighted by Gasteiger charge is 2.28. The first kappa shape index (κ1) is 20.2. The minimum Gasteiger partial charge on any atom is -0.300 e. The Bertz CT molecular complexity index is 439. The summed E-state index contributed by atoms with van der Waals surface area (Å²) in [5, 5.41) is 0.794. The van der Waals surface area contributed by atoms with E-state index in [4.69, 9.17) is 11.6 Å². The predicted molar refractivity (Wildman–Crippen MR) is 94.3 cm³/mol. The molecule has 0 saturated carbocycles. The number of benzene rings is 1. The van der Waals surface area contributed by atoms with Crippen LogP contribution < -0.4 is 0 Å². The fourth-order valence-electron chi connectivity index (χ4n) is 2.71. The topological polar surface area (TPSA) is 17.1 Å². The van der Waals surface area contributed by atoms with Crippen LogP contribution in [0.5, 0.6) is 0 Å². The molecule has 0 aliphatic heterocycles. The summed E-state index contributed by atoms with van der Waals surface area (Å²) in [6.45, 7) is 12.5. The highest BCUT2D eigenvalue weighted by atomic mass is 35.5. The molecule has 0 N–H and O–H groups in total. The first-order valence-electron chi connectivity index (χ1n) is 8.21. The quantitative estimate of drug-likeness (QED) is 0.562. The van der Waals surface area contributed by atoms with Gasteiger partial charge in [-0.05, 0) is 42.4 Å². The third-order valence-electron chi connectivity index (χ3n) is 3.77. The van der Waals surface area contributed by atoms with Crippen LogP contribution >= 0.6 is 11.6 Å². The van der Waals surface area contributed by atoms with Gasteiger partial charge in [0.1, 0.15) is 5.78 Å². The number of halogens is 1. The number of rotatable bonds is 7. The summed E-state index contributed by atoms with van der Waals surface area (Å²) in [6, 6.07) is 6.16. The number of ketones is 1. The Morgan fingerprint density at radius 3 is 2.29 bits per heavy atom. The van der Waals surface area contributed by atoms with Gasteiger partial charge in [-0.3, -0.25) is 4.79 Å². The van der Waals surface area contributed by atoms with E-state index in [-0.39, 0.29) is 5.41 Å². The Labute approximate surface area is 136 Å². The molecule has 1 aromatic carbocycles. The summed E-state index contributed by atoms with van der Waals surface area (Å²) in [5.41, 5.74) is 2.27. The standard InChI is InChI=1S/C17H25ClO.C2H6/c1-5-7-15(19)12-17(4,10-6-2)14-8-9-16(18)13(3)11-14;1-2/h8-9,11H,5-7,10,12H2,1-4H3;1-2H3. The molecule has 0 aliphatic rings. The van der Waals surface area contributed by atoms with Gasteiger partial charge in [0.2, 0.25) is 0 Å². The van der Waals surface area contributed by atoms with Gasteiger partial charge >= 0.3 is 0 Å². The molecule has 0 spiro atoms. The second kappa shape index (κ2) is 10.00. The van der Waals surface area contributed by atoms with Gasteiger partial charge in [0.15, 0.2) is 0 Å². The molecule has 120 valence electrons. The second-order valence-corrected chi connectivity index (χ2v) is 6.15. The summed E-state index contributed by atoms with van der Waals surface area (Å²) < 4.78 is 0. The van der Waals surface area contributed by atoms with Crippen LogP contribution in [0, 0.1) is 6.92 Å². The lowest BCUT2D eigenvalue weighted by molar-refractivity contribution is -0.120. The molecule has 0 amide bonds. The molecule has 1 atom stereocenters. The van der Waals surface area contributed by atoms with Crippen LogP contribution in [-0.4, -0.2) is 5.78 Å². The van der Waals surface area contributed by atoms with Gasteiger partial charge in [-0.25, -0.2) is 0 Å². The van der Waals surface area contributed by atoms with Crippen molar-refractivity contribution in [2.75, 3.05) is 0 Å². The summed E-state index contributed by atoms with van der Waals surface area (Å²) in [6.07, 6.45) is 4.36. The Morgan fingerprint density at radius 2 is 1.81 bits per heavy atom. The maximum Gasteiger partial charge on any atom is 0.133 e. The van der Waals surface area contributed by atoms with Crippen LogP contribution in [0.3, 0.4) is 0 Å². The van der Waals surface area contributed by atoms with Crippen molar-refractivity contribution < 1.29 is 4.79 Å². The molecule has 1 rings (SSSR count). The first-order valence-corrected chi connectivity index (χ1v) is 8.59. The lowest BCUT2D eigenvalue weighted by Crippen LogP contribution is -2.25. The fraction of sp³-hybridized carbons (Fsp3) is 0.632. The highest BCUT2D eigenvalue weighted by Crippen LogP contribution is 2.35. The van der Waals surface area contributed by atoms with E-state index in [9.17, 15) is 4.79 Å². The van der Waals surface area contributed by atoms with Crippen LogP contribution in [0.2, 0.25) is 5.02 Å². The summed E-state index contributed by atoms with van der Waals surface area (Å²) >= 11 is 6.10. The van der Waals surface area contributed by atoms with Crippen molar-refractivity contribution in [1.29, 1.82) is 0 Å². The molecule has 21 heavy (non-hydrogen) atoms. The Balaban J connectivity index is 0.00000191.